The van der Waals surface area contributed by atoms with E-state index in [1.165, 1.54) is 26.1 Å². The first-order chi connectivity index (χ1) is 6.74. The molecule has 0 fully saturated rings. The van der Waals surface area contributed by atoms with Gasteiger partial charge in [0.15, 0.2) is 0 Å². The third-order valence-electron chi connectivity index (χ3n) is 2.27. The average Bonchev–Trinajstić information content (AvgIpc) is 2.22. The van der Waals surface area contributed by atoms with Gasteiger partial charge in [-0.1, -0.05) is 0 Å². The van der Waals surface area contributed by atoms with Gasteiger partial charge in [0.1, 0.15) is 0 Å². The average molecular weight is 456 g/mol. The second-order valence-corrected chi connectivity index (χ2v) is 15.2. The summed E-state index contributed by atoms with van der Waals surface area (Å²) in [5, 5.41) is 0. The Bertz CT molecular complexity index is 211. The van der Waals surface area contributed by atoms with Crippen molar-refractivity contribution in [1.82, 2.24) is 0 Å². The molecule has 17 heavy (non-hydrogen) atoms. The van der Waals surface area contributed by atoms with Gasteiger partial charge in [-0.2, -0.15) is 0 Å². The SMILES string of the molecule is C[CH2][Sn]([CH2]C)[CH2]C.O.O.O.[Sn][c]1ccccc1. The molecule has 100 valence electrons. The first-order valence-electron chi connectivity index (χ1n) is 5.34. The van der Waals surface area contributed by atoms with Crippen molar-refractivity contribution in [2.24, 2.45) is 0 Å². The number of rotatable bonds is 3. The summed E-state index contributed by atoms with van der Waals surface area (Å²) in [5.41, 5.74) is 0. The van der Waals surface area contributed by atoms with Crippen molar-refractivity contribution in [3.05, 3.63) is 30.3 Å². The maximum atomic E-state index is 2.35. The molecule has 1 rings (SSSR count). The van der Waals surface area contributed by atoms with Crippen LogP contribution in [0.4, 0.5) is 0 Å². The molecular formula is C12H26O3Sn2. The van der Waals surface area contributed by atoms with E-state index in [-0.39, 0.29) is 16.4 Å². The van der Waals surface area contributed by atoms with Crippen molar-refractivity contribution >= 4 is 45.9 Å². The zero-order valence-corrected chi connectivity index (χ0v) is 16.7. The Morgan fingerprint density at radius 3 is 1.29 bits per heavy atom. The molecule has 0 saturated carbocycles. The fourth-order valence-corrected chi connectivity index (χ4v) is 6.02. The quantitative estimate of drug-likeness (QED) is 0.595. The van der Waals surface area contributed by atoms with Crippen LogP contribution >= 0.6 is 0 Å². The summed E-state index contributed by atoms with van der Waals surface area (Å²) in [5.74, 6) is 0. The Balaban J connectivity index is -0.0000000845. The van der Waals surface area contributed by atoms with Gasteiger partial charge in [0.25, 0.3) is 0 Å². The van der Waals surface area contributed by atoms with Crippen LogP contribution in [0.15, 0.2) is 30.3 Å². The number of benzene rings is 1. The zero-order chi connectivity index (χ0) is 10.8. The van der Waals surface area contributed by atoms with E-state index >= 15 is 0 Å². The van der Waals surface area contributed by atoms with Crippen molar-refractivity contribution in [2.75, 3.05) is 0 Å². The van der Waals surface area contributed by atoms with E-state index < -0.39 is 19.8 Å². The van der Waals surface area contributed by atoms with E-state index in [9.17, 15) is 0 Å². The molecule has 0 aliphatic carbocycles. The normalized spacial score (nSPS) is 7.82. The molecule has 0 bridgehead atoms. The molecule has 0 aliphatic rings. The van der Waals surface area contributed by atoms with Gasteiger partial charge in [0.2, 0.25) is 0 Å². The molecule has 0 unspecified atom stereocenters. The van der Waals surface area contributed by atoms with Gasteiger partial charge in [-0.05, 0) is 0 Å². The molecule has 0 atom stereocenters. The van der Waals surface area contributed by atoms with Crippen molar-refractivity contribution in [1.29, 1.82) is 0 Å². The zero-order valence-electron chi connectivity index (χ0n) is 11.0. The summed E-state index contributed by atoms with van der Waals surface area (Å²) < 4.78 is 6.06. The van der Waals surface area contributed by atoms with Crippen LogP contribution in [0, 0.1) is 0 Å². The molecule has 1 aromatic carbocycles. The van der Waals surface area contributed by atoms with Crippen LogP contribution in [0.3, 0.4) is 0 Å². The molecule has 5 heteroatoms. The summed E-state index contributed by atoms with van der Waals surface area (Å²) >= 11 is 0.841. The molecule has 0 spiro atoms. The van der Waals surface area contributed by atoms with E-state index in [0.717, 1.165) is 0 Å². The third kappa shape index (κ3) is 16.7. The van der Waals surface area contributed by atoms with Crippen LogP contribution in [-0.2, 0) is 0 Å². The number of hydrogen-bond acceptors (Lipinski definition) is 0. The van der Waals surface area contributed by atoms with Crippen LogP contribution in [0.5, 0.6) is 0 Å². The van der Waals surface area contributed by atoms with E-state index in [1.807, 2.05) is 6.07 Å². The fraction of sp³-hybridized carbons (Fsp3) is 0.500. The topological polar surface area (TPSA) is 94.5 Å². The minimum atomic E-state index is -0.653. The monoisotopic (exact) mass is 458 g/mol. The molecule has 0 amide bonds. The minimum absolute atomic E-state index is 0. The van der Waals surface area contributed by atoms with Crippen LogP contribution in [0.2, 0.25) is 13.3 Å². The van der Waals surface area contributed by atoms with Gasteiger partial charge < -0.3 is 16.4 Å². The van der Waals surface area contributed by atoms with E-state index in [2.05, 4.69) is 45.0 Å². The summed E-state index contributed by atoms with van der Waals surface area (Å²) in [7, 11) is 0. The first kappa shape index (κ1) is 26.3. The van der Waals surface area contributed by atoms with Crippen LogP contribution in [0.25, 0.3) is 0 Å². The Kier molecular flexibility index (Phi) is 29.5. The summed E-state index contributed by atoms with van der Waals surface area (Å²) in [4.78, 5) is 0. The summed E-state index contributed by atoms with van der Waals surface area (Å²) in [6.07, 6.45) is 0. The Hall–Kier alpha value is 0.697. The van der Waals surface area contributed by atoms with Gasteiger partial charge in [-0.15, -0.1) is 0 Å². The maximum absolute atomic E-state index is 2.35. The van der Waals surface area contributed by atoms with E-state index in [0.29, 0.717) is 0 Å². The summed E-state index contributed by atoms with van der Waals surface area (Å²) in [6.45, 7) is 7.05. The number of hydrogen-bond donors (Lipinski definition) is 0. The standard InChI is InChI=1S/C6H5.3C2H5.3H2O.2Sn/c1-2-4-6-5-3-1;3*1-2;;;;;/h1-5H;3*1H2,2H3;3*1H2;;. The second kappa shape index (κ2) is 19.0. The molecule has 6 N–H and O–H groups in total. The fourth-order valence-electron chi connectivity index (χ4n) is 1.19. The predicted molar refractivity (Wildman–Crippen MR) is 79.9 cm³/mol. The Morgan fingerprint density at radius 2 is 1.18 bits per heavy atom. The molecular weight excluding hydrogens is 430 g/mol. The van der Waals surface area contributed by atoms with E-state index in [1.54, 1.807) is 13.3 Å². The molecule has 4 radical (unpaired) electrons. The van der Waals surface area contributed by atoms with Crippen LogP contribution < -0.4 is 3.58 Å². The first-order valence-corrected chi connectivity index (χ1v) is 12.8. The molecule has 0 aromatic heterocycles. The van der Waals surface area contributed by atoms with Gasteiger partial charge in [0, 0.05) is 0 Å². The molecule has 3 nitrogen and oxygen atoms in total. The Labute approximate surface area is 126 Å². The molecule has 0 saturated heterocycles. The van der Waals surface area contributed by atoms with Crippen LogP contribution in [0.1, 0.15) is 20.8 Å². The van der Waals surface area contributed by atoms with Crippen molar-refractivity contribution in [2.45, 2.75) is 34.1 Å². The van der Waals surface area contributed by atoms with Crippen molar-refractivity contribution in [3.63, 3.8) is 0 Å². The molecule has 0 heterocycles. The van der Waals surface area contributed by atoms with Crippen LogP contribution in [-0.4, -0.2) is 58.7 Å². The van der Waals surface area contributed by atoms with Gasteiger partial charge in [-0.25, -0.2) is 0 Å². The second-order valence-electron chi connectivity index (χ2n) is 3.18. The predicted octanol–water partition coefficient (Wildman–Crippen LogP) is 0.547. The molecule has 0 aliphatic heterocycles. The van der Waals surface area contributed by atoms with Gasteiger partial charge in [0.05, 0.1) is 0 Å². The van der Waals surface area contributed by atoms with Crippen molar-refractivity contribution < 1.29 is 16.4 Å². The van der Waals surface area contributed by atoms with E-state index in [4.69, 9.17) is 0 Å². The van der Waals surface area contributed by atoms with Crippen molar-refractivity contribution in [3.8, 4) is 0 Å². The van der Waals surface area contributed by atoms with Gasteiger partial charge >= 0.3 is 110 Å². The Morgan fingerprint density at radius 1 is 0.824 bits per heavy atom. The summed E-state index contributed by atoms with van der Waals surface area (Å²) in [6, 6.07) is 10.4. The van der Waals surface area contributed by atoms with Gasteiger partial charge in [-0.3, -0.25) is 0 Å². The molecule has 1 aromatic rings. The third-order valence-corrected chi connectivity index (χ3v) is 11.8.